The molecule has 0 aliphatic rings. The molecule has 0 saturated carbocycles. The molecule has 0 aliphatic carbocycles. The second-order valence-corrected chi connectivity index (χ2v) is 5.54. The molecule has 0 atom stereocenters. The zero-order valence-corrected chi connectivity index (χ0v) is 12.0. The van der Waals surface area contributed by atoms with E-state index in [0.29, 0.717) is 4.47 Å². The van der Waals surface area contributed by atoms with Gasteiger partial charge in [0, 0.05) is 12.8 Å². The van der Waals surface area contributed by atoms with Crippen molar-refractivity contribution >= 4 is 27.7 Å². The largest absolute Gasteiger partial charge is 0.262 e. The molecule has 0 radical (unpaired) electrons. The summed E-state index contributed by atoms with van der Waals surface area (Å²) in [6.07, 6.45) is 0. The molecular weight excluding hydrogens is 303 g/mol. The zero-order valence-electron chi connectivity index (χ0n) is 9.58. The minimum absolute atomic E-state index is 0.218. The van der Waals surface area contributed by atoms with E-state index in [0.717, 1.165) is 22.0 Å². The number of rotatable bonds is 3. The van der Waals surface area contributed by atoms with E-state index in [1.807, 2.05) is 30.8 Å². The van der Waals surface area contributed by atoms with E-state index >= 15 is 0 Å². The van der Waals surface area contributed by atoms with Crippen molar-refractivity contribution in [1.82, 2.24) is 9.78 Å². The van der Waals surface area contributed by atoms with Crippen molar-refractivity contribution in [1.29, 1.82) is 0 Å². The highest BCUT2D eigenvalue weighted by atomic mass is 79.9. The lowest BCUT2D eigenvalue weighted by Gasteiger charge is -2.05. The Morgan fingerprint density at radius 2 is 2.24 bits per heavy atom. The first-order valence-electron chi connectivity index (χ1n) is 5.14. The smallest absolute Gasteiger partial charge is 0.137 e. The van der Waals surface area contributed by atoms with Gasteiger partial charge in [0.05, 0.1) is 15.2 Å². The monoisotopic (exact) mass is 314 g/mol. The van der Waals surface area contributed by atoms with Gasteiger partial charge in [-0.3, -0.25) is 4.68 Å². The molecule has 0 saturated heterocycles. The van der Waals surface area contributed by atoms with Gasteiger partial charge in [0.2, 0.25) is 0 Å². The van der Waals surface area contributed by atoms with Gasteiger partial charge in [-0.05, 0) is 40.5 Å². The second kappa shape index (κ2) is 5.23. The number of benzene rings is 1. The number of hydrogen-bond acceptors (Lipinski definition) is 2. The van der Waals surface area contributed by atoms with Gasteiger partial charge in [0.15, 0.2) is 0 Å². The highest BCUT2D eigenvalue weighted by Gasteiger charge is 2.07. The molecule has 0 aliphatic heterocycles. The molecule has 0 N–H and O–H groups in total. The number of thioether (sulfide) groups is 1. The van der Waals surface area contributed by atoms with E-state index in [4.69, 9.17) is 0 Å². The number of halogens is 2. The number of nitrogens with zero attached hydrogens (tertiary/aromatic N) is 2. The molecule has 2 rings (SSSR count). The van der Waals surface area contributed by atoms with Gasteiger partial charge in [-0.2, -0.15) is 5.10 Å². The highest BCUT2D eigenvalue weighted by molar-refractivity contribution is 9.10. The maximum atomic E-state index is 13.3. The lowest BCUT2D eigenvalue weighted by atomic mass is 10.2. The normalized spacial score (nSPS) is 10.8. The second-order valence-electron chi connectivity index (χ2n) is 3.75. The van der Waals surface area contributed by atoms with Crippen LogP contribution in [-0.2, 0) is 12.8 Å². The summed E-state index contributed by atoms with van der Waals surface area (Å²) in [6.45, 7) is 1.96. The van der Waals surface area contributed by atoms with Crippen LogP contribution in [0, 0.1) is 12.7 Å². The van der Waals surface area contributed by atoms with Crippen LogP contribution in [0.4, 0.5) is 4.39 Å². The third-order valence-electron chi connectivity index (χ3n) is 2.37. The number of aryl methyl sites for hydroxylation is 2. The van der Waals surface area contributed by atoms with Gasteiger partial charge in [-0.1, -0.05) is 12.1 Å². The van der Waals surface area contributed by atoms with Gasteiger partial charge in [0.25, 0.3) is 0 Å². The van der Waals surface area contributed by atoms with Crippen molar-refractivity contribution in [2.75, 3.05) is 0 Å². The first-order chi connectivity index (χ1) is 8.08. The Hall–Kier alpha value is -0.810. The predicted octanol–water partition coefficient (Wildman–Crippen LogP) is 3.92. The fourth-order valence-corrected chi connectivity index (χ4v) is 3.15. The summed E-state index contributed by atoms with van der Waals surface area (Å²) in [5.74, 6) is 0.501. The Bertz CT molecular complexity index is 539. The van der Waals surface area contributed by atoms with Crippen molar-refractivity contribution in [3.63, 3.8) is 0 Å². The Balaban J connectivity index is 2.12. The van der Waals surface area contributed by atoms with Gasteiger partial charge in [-0.25, -0.2) is 4.39 Å². The summed E-state index contributed by atoms with van der Waals surface area (Å²) < 4.78 is 15.7. The highest BCUT2D eigenvalue weighted by Crippen LogP contribution is 2.28. The fourth-order valence-electron chi connectivity index (χ4n) is 1.53. The molecule has 1 aromatic heterocycles. The summed E-state index contributed by atoms with van der Waals surface area (Å²) >= 11 is 4.91. The van der Waals surface area contributed by atoms with Crippen LogP contribution < -0.4 is 0 Å². The van der Waals surface area contributed by atoms with E-state index in [2.05, 4.69) is 21.0 Å². The molecule has 17 heavy (non-hydrogen) atoms. The average Bonchev–Trinajstić information content (AvgIpc) is 2.60. The molecule has 5 heteroatoms. The molecule has 2 nitrogen and oxygen atoms in total. The lowest BCUT2D eigenvalue weighted by molar-refractivity contribution is 0.619. The Morgan fingerprint density at radius 1 is 1.47 bits per heavy atom. The number of aromatic nitrogens is 2. The van der Waals surface area contributed by atoms with E-state index in [-0.39, 0.29) is 5.82 Å². The van der Waals surface area contributed by atoms with E-state index in [9.17, 15) is 4.39 Å². The molecule has 0 amide bonds. The van der Waals surface area contributed by atoms with Crippen LogP contribution in [0.2, 0.25) is 0 Å². The minimum atomic E-state index is -0.218. The van der Waals surface area contributed by atoms with Crippen LogP contribution >= 0.6 is 27.7 Å². The topological polar surface area (TPSA) is 17.8 Å². The first-order valence-corrected chi connectivity index (χ1v) is 6.92. The van der Waals surface area contributed by atoms with E-state index < -0.39 is 0 Å². The summed E-state index contributed by atoms with van der Waals surface area (Å²) in [5.41, 5.74) is 1.95. The zero-order chi connectivity index (χ0) is 12.4. The van der Waals surface area contributed by atoms with Gasteiger partial charge >= 0.3 is 0 Å². The molecule has 0 spiro atoms. The predicted molar refractivity (Wildman–Crippen MR) is 71.6 cm³/mol. The summed E-state index contributed by atoms with van der Waals surface area (Å²) in [4.78, 5) is 0. The molecule has 1 aromatic carbocycles. The fraction of sp³-hybridized carbons (Fsp3) is 0.250. The van der Waals surface area contributed by atoms with Crippen LogP contribution in [0.15, 0.2) is 33.8 Å². The van der Waals surface area contributed by atoms with Crippen LogP contribution in [0.25, 0.3) is 0 Å². The molecule has 0 fully saturated rings. The average molecular weight is 315 g/mol. The van der Waals surface area contributed by atoms with Crippen LogP contribution in [-0.4, -0.2) is 9.78 Å². The first kappa shape index (κ1) is 12.6. The van der Waals surface area contributed by atoms with Crippen LogP contribution in [0.1, 0.15) is 11.3 Å². The molecule has 0 bridgehead atoms. The third-order valence-corrected chi connectivity index (χ3v) is 4.39. The van der Waals surface area contributed by atoms with Crippen molar-refractivity contribution in [2.24, 2.45) is 7.05 Å². The van der Waals surface area contributed by atoms with Gasteiger partial charge in [0.1, 0.15) is 5.82 Å². The summed E-state index contributed by atoms with van der Waals surface area (Å²) in [6, 6.07) is 7.12. The van der Waals surface area contributed by atoms with Crippen LogP contribution in [0.3, 0.4) is 0 Å². The minimum Gasteiger partial charge on any atom is -0.262 e. The quantitative estimate of drug-likeness (QED) is 0.799. The molecule has 1 heterocycles. The van der Waals surface area contributed by atoms with E-state index in [1.165, 1.54) is 6.07 Å². The molecule has 2 aromatic rings. The van der Waals surface area contributed by atoms with Crippen molar-refractivity contribution in [2.45, 2.75) is 17.7 Å². The Morgan fingerprint density at radius 3 is 2.88 bits per heavy atom. The van der Waals surface area contributed by atoms with Crippen molar-refractivity contribution in [3.8, 4) is 0 Å². The SMILES string of the molecule is Cc1cc(SCc2cccc(F)c2Br)n(C)n1. The molecular formula is C12H12BrFN2S. The summed E-state index contributed by atoms with van der Waals surface area (Å²) in [7, 11) is 1.91. The maximum absolute atomic E-state index is 13.3. The number of hydrogen-bond donors (Lipinski definition) is 0. The van der Waals surface area contributed by atoms with Gasteiger partial charge < -0.3 is 0 Å². The molecule has 0 unspecified atom stereocenters. The summed E-state index contributed by atoms with van der Waals surface area (Å²) in [5, 5.41) is 5.36. The lowest BCUT2D eigenvalue weighted by Crippen LogP contribution is -1.93. The van der Waals surface area contributed by atoms with Crippen LogP contribution in [0.5, 0.6) is 0 Å². The van der Waals surface area contributed by atoms with E-state index in [1.54, 1.807) is 17.8 Å². The Kier molecular flexibility index (Phi) is 3.89. The standard InChI is InChI=1S/C12H12BrFN2S/c1-8-6-11(16(2)15-8)17-7-9-4-3-5-10(14)12(9)13/h3-6H,7H2,1-2H3. The third kappa shape index (κ3) is 2.90. The molecule has 90 valence electrons. The maximum Gasteiger partial charge on any atom is 0.137 e. The van der Waals surface area contributed by atoms with Gasteiger partial charge in [-0.15, -0.1) is 11.8 Å². The van der Waals surface area contributed by atoms with Crippen molar-refractivity contribution < 1.29 is 4.39 Å². The Labute approximate surface area is 112 Å². The van der Waals surface area contributed by atoms with Crippen molar-refractivity contribution in [3.05, 3.63) is 45.8 Å².